The second-order valence-corrected chi connectivity index (χ2v) is 5.57. The molecule has 2 unspecified atom stereocenters. The van der Waals surface area contributed by atoms with Crippen LogP contribution >= 0.6 is 0 Å². The maximum absolute atomic E-state index is 5.79. The van der Waals surface area contributed by atoms with Gasteiger partial charge in [0.15, 0.2) is 0 Å². The van der Waals surface area contributed by atoms with Crippen molar-refractivity contribution in [1.82, 2.24) is 4.90 Å². The molecular formula is C16H26N2. The standard InChI is InChI=1S/C16H26N2/c1-14-7-5-6-10-16(14)18(12-11-17)13-15-8-3-2-4-9-15/h2-4,8-9,14,16H,5-7,10-13,17H2,1H3. The van der Waals surface area contributed by atoms with E-state index < -0.39 is 0 Å². The molecule has 0 heterocycles. The van der Waals surface area contributed by atoms with Gasteiger partial charge in [0, 0.05) is 25.7 Å². The van der Waals surface area contributed by atoms with Crippen LogP contribution in [0.5, 0.6) is 0 Å². The highest BCUT2D eigenvalue weighted by Gasteiger charge is 2.26. The highest BCUT2D eigenvalue weighted by molar-refractivity contribution is 5.14. The maximum Gasteiger partial charge on any atom is 0.0237 e. The monoisotopic (exact) mass is 246 g/mol. The minimum absolute atomic E-state index is 0.725. The van der Waals surface area contributed by atoms with E-state index in [4.69, 9.17) is 5.73 Å². The molecule has 1 aliphatic carbocycles. The first-order valence-electron chi connectivity index (χ1n) is 7.29. The number of hydrogen-bond acceptors (Lipinski definition) is 2. The van der Waals surface area contributed by atoms with Crippen LogP contribution in [0, 0.1) is 5.92 Å². The summed E-state index contributed by atoms with van der Waals surface area (Å²) < 4.78 is 0. The molecule has 1 fully saturated rings. The van der Waals surface area contributed by atoms with Crippen molar-refractivity contribution in [1.29, 1.82) is 0 Å². The van der Waals surface area contributed by atoms with Gasteiger partial charge in [-0.05, 0) is 24.3 Å². The summed E-state index contributed by atoms with van der Waals surface area (Å²) in [6.07, 6.45) is 5.50. The van der Waals surface area contributed by atoms with Crippen LogP contribution in [0.4, 0.5) is 0 Å². The molecule has 1 aromatic carbocycles. The summed E-state index contributed by atoms with van der Waals surface area (Å²) in [6.45, 7) is 5.23. The molecule has 0 saturated heterocycles. The molecule has 0 amide bonds. The molecule has 0 spiro atoms. The second kappa shape index (κ2) is 6.91. The molecule has 1 aliphatic rings. The number of nitrogens with zero attached hydrogens (tertiary/aromatic N) is 1. The molecule has 2 heteroatoms. The Hall–Kier alpha value is -0.860. The summed E-state index contributed by atoms with van der Waals surface area (Å²) in [4.78, 5) is 2.60. The van der Waals surface area contributed by atoms with Crippen LogP contribution in [0.2, 0.25) is 0 Å². The Kier molecular flexibility index (Phi) is 5.21. The Balaban J connectivity index is 2.02. The van der Waals surface area contributed by atoms with Crippen molar-refractivity contribution >= 4 is 0 Å². The molecule has 18 heavy (non-hydrogen) atoms. The first-order valence-corrected chi connectivity index (χ1v) is 7.29. The Morgan fingerprint density at radius 1 is 1.17 bits per heavy atom. The van der Waals surface area contributed by atoms with Gasteiger partial charge in [0.1, 0.15) is 0 Å². The van der Waals surface area contributed by atoms with Gasteiger partial charge < -0.3 is 5.73 Å². The number of hydrogen-bond donors (Lipinski definition) is 1. The topological polar surface area (TPSA) is 29.3 Å². The number of nitrogens with two attached hydrogens (primary N) is 1. The highest BCUT2D eigenvalue weighted by atomic mass is 15.2. The lowest BCUT2D eigenvalue weighted by Gasteiger charge is -2.38. The molecule has 2 N–H and O–H groups in total. The van der Waals surface area contributed by atoms with E-state index in [2.05, 4.69) is 42.2 Å². The smallest absolute Gasteiger partial charge is 0.0237 e. The molecular weight excluding hydrogens is 220 g/mol. The largest absolute Gasteiger partial charge is 0.329 e. The molecule has 0 aliphatic heterocycles. The fourth-order valence-electron chi connectivity index (χ4n) is 3.19. The minimum Gasteiger partial charge on any atom is -0.329 e. The van der Waals surface area contributed by atoms with Crippen molar-refractivity contribution in [2.45, 2.75) is 45.2 Å². The van der Waals surface area contributed by atoms with Crippen LogP contribution in [0.3, 0.4) is 0 Å². The van der Waals surface area contributed by atoms with Crippen LogP contribution < -0.4 is 5.73 Å². The summed E-state index contributed by atoms with van der Waals surface area (Å²) in [5.74, 6) is 0.814. The van der Waals surface area contributed by atoms with Crippen molar-refractivity contribution < 1.29 is 0 Å². The summed E-state index contributed by atoms with van der Waals surface area (Å²) in [7, 11) is 0. The van der Waals surface area contributed by atoms with Crippen molar-refractivity contribution in [2.75, 3.05) is 13.1 Å². The maximum atomic E-state index is 5.79. The number of benzene rings is 1. The average molecular weight is 246 g/mol. The molecule has 0 aromatic heterocycles. The van der Waals surface area contributed by atoms with E-state index in [0.717, 1.165) is 31.6 Å². The molecule has 0 bridgehead atoms. The van der Waals surface area contributed by atoms with Gasteiger partial charge >= 0.3 is 0 Å². The van der Waals surface area contributed by atoms with Crippen LogP contribution in [0.15, 0.2) is 30.3 Å². The summed E-state index contributed by atoms with van der Waals surface area (Å²) in [5.41, 5.74) is 7.20. The van der Waals surface area contributed by atoms with Gasteiger partial charge in [-0.2, -0.15) is 0 Å². The van der Waals surface area contributed by atoms with Gasteiger partial charge in [-0.25, -0.2) is 0 Å². The molecule has 2 rings (SSSR count). The van der Waals surface area contributed by atoms with E-state index in [9.17, 15) is 0 Å². The molecule has 1 aromatic rings. The average Bonchev–Trinajstić information content (AvgIpc) is 2.40. The summed E-state index contributed by atoms with van der Waals surface area (Å²) in [6, 6.07) is 11.5. The van der Waals surface area contributed by atoms with E-state index >= 15 is 0 Å². The Morgan fingerprint density at radius 2 is 1.89 bits per heavy atom. The Morgan fingerprint density at radius 3 is 2.56 bits per heavy atom. The van der Waals surface area contributed by atoms with E-state index in [1.54, 1.807) is 0 Å². The molecule has 2 atom stereocenters. The van der Waals surface area contributed by atoms with Crippen molar-refractivity contribution in [3.8, 4) is 0 Å². The van der Waals surface area contributed by atoms with Gasteiger partial charge in [0.25, 0.3) is 0 Å². The van der Waals surface area contributed by atoms with Gasteiger partial charge in [0.2, 0.25) is 0 Å². The first-order chi connectivity index (χ1) is 8.81. The lowest BCUT2D eigenvalue weighted by molar-refractivity contribution is 0.108. The predicted molar refractivity (Wildman–Crippen MR) is 77.3 cm³/mol. The fourth-order valence-corrected chi connectivity index (χ4v) is 3.19. The van der Waals surface area contributed by atoms with E-state index in [-0.39, 0.29) is 0 Å². The van der Waals surface area contributed by atoms with Crippen LogP contribution in [0.25, 0.3) is 0 Å². The third-order valence-corrected chi connectivity index (χ3v) is 4.18. The van der Waals surface area contributed by atoms with E-state index in [0.29, 0.717) is 0 Å². The van der Waals surface area contributed by atoms with E-state index in [1.807, 2.05) is 0 Å². The lowest BCUT2D eigenvalue weighted by Crippen LogP contribution is -2.43. The zero-order valence-corrected chi connectivity index (χ0v) is 11.5. The van der Waals surface area contributed by atoms with Gasteiger partial charge in [0.05, 0.1) is 0 Å². The summed E-state index contributed by atoms with van der Waals surface area (Å²) >= 11 is 0. The first kappa shape index (κ1) is 13.6. The Labute approximate surface area is 111 Å². The molecule has 100 valence electrons. The van der Waals surface area contributed by atoms with Crippen molar-refractivity contribution in [3.63, 3.8) is 0 Å². The van der Waals surface area contributed by atoms with E-state index in [1.165, 1.54) is 31.2 Å². The third-order valence-electron chi connectivity index (χ3n) is 4.18. The van der Waals surface area contributed by atoms with Crippen LogP contribution in [0.1, 0.15) is 38.2 Å². The van der Waals surface area contributed by atoms with Gasteiger partial charge in [-0.3, -0.25) is 4.90 Å². The number of rotatable bonds is 5. The van der Waals surface area contributed by atoms with Crippen molar-refractivity contribution in [3.05, 3.63) is 35.9 Å². The van der Waals surface area contributed by atoms with Gasteiger partial charge in [-0.1, -0.05) is 50.1 Å². The predicted octanol–water partition coefficient (Wildman–Crippen LogP) is 3.03. The van der Waals surface area contributed by atoms with Crippen LogP contribution in [-0.2, 0) is 6.54 Å². The quantitative estimate of drug-likeness (QED) is 0.865. The SMILES string of the molecule is CC1CCCCC1N(CCN)Cc1ccccc1. The van der Waals surface area contributed by atoms with Crippen molar-refractivity contribution in [2.24, 2.45) is 11.7 Å². The molecule has 1 saturated carbocycles. The third kappa shape index (κ3) is 3.56. The lowest BCUT2D eigenvalue weighted by atomic mass is 9.84. The Bertz CT molecular complexity index is 336. The second-order valence-electron chi connectivity index (χ2n) is 5.57. The van der Waals surface area contributed by atoms with Gasteiger partial charge in [-0.15, -0.1) is 0 Å². The zero-order valence-electron chi connectivity index (χ0n) is 11.5. The fraction of sp³-hybridized carbons (Fsp3) is 0.625. The molecule has 0 radical (unpaired) electrons. The summed E-state index contributed by atoms with van der Waals surface area (Å²) in [5, 5.41) is 0. The molecule has 2 nitrogen and oxygen atoms in total. The zero-order chi connectivity index (χ0) is 12.8. The normalized spacial score (nSPS) is 24.4. The highest BCUT2D eigenvalue weighted by Crippen LogP contribution is 2.28. The minimum atomic E-state index is 0.725. The van der Waals surface area contributed by atoms with Crippen LogP contribution in [-0.4, -0.2) is 24.0 Å².